The van der Waals surface area contributed by atoms with E-state index < -0.39 is 18.5 Å². The molecule has 0 saturated carbocycles. The summed E-state index contributed by atoms with van der Waals surface area (Å²) in [7, 11) is 0. The van der Waals surface area contributed by atoms with E-state index >= 15 is 0 Å². The predicted molar refractivity (Wildman–Crippen MR) is 91.5 cm³/mol. The Labute approximate surface area is 152 Å². The van der Waals surface area contributed by atoms with E-state index in [0.29, 0.717) is 28.9 Å². The van der Waals surface area contributed by atoms with Crippen molar-refractivity contribution in [1.29, 1.82) is 0 Å². The van der Waals surface area contributed by atoms with E-state index in [9.17, 15) is 9.18 Å². The molecule has 0 fully saturated rings. The van der Waals surface area contributed by atoms with Crippen molar-refractivity contribution in [2.24, 2.45) is 0 Å². The van der Waals surface area contributed by atoms with Crippen LogP contribution >= 0.6 is 23.2 Å². The van der Waals surface area contributed by atoms with Crippen LogP contribution in [0.4, 0.5) is 9.18 Å². The van der Waals surface area contributed by atoms with Gasteiger partial charge in [-0.25, -0.2) is 9.18 Å². The molecule has 132 valence electrons. The number of fused-ring (bicyclic) bond motifs is 1. The third-order valence-corrected chi connectivity index (χ3v) is 4.35. The highest BCUT2D eigenvalue weighted by Gasteiger charge is 2.24. The largest absolute Gasteiger partial charge is 0.465 e. The number of rotatable bonds is 4. The van der Waals surface area contributed by atoms with Gasteiger partial charge in [-0.15, -0.1) is 0 Å². The van der Waals surface area contributed by atoms with Crippen LogP contribution in [0.15, 0.2) is 30.2 Å². The third kappa shape index (κ3) is 3.95. The molecule has 0 bridgehead atoms. The lowest BCUT2D eigenvalue weighted by atomic mass is 10.1. The van der Waals surface area contributed by atoms with E-state index in [2.05, 4.69) is 5.10 Å². The monoisotopic (exact) mass is 385 g/mol. The van der Waals surface area contributed by atoms with Crippen LogP contribution in [0.2, 0.25) is 10.0 Å². The molecular formula is C16H14Cl2FN3O3. The first-order chi connectivity index (χ1) is 12.0. The second-order valence-corrected chi connectivity index (χ2v) is 6.29. The highest BCUT2D eigenvalue weighted by Crippen LogP contribution is 2.30. The molecule has 2 N–H and O–H groups in total. The number of carboxylic acid groups (broad SMARTS) is 1. The van der Waals surface area contributed by atoms with Crippen molar-refractivity contribution in [3.63, 3.8) is 0 Å². The van der Waals surface area contributed by atoms with Gasteiger partial charge in [0.05, 0.1) is 38.2 Å². The number of benzene rings is 1. The van der Waals surface area contributed by atoms with E-state index in [1.54, 1.807) is 29.1 Å². The molecule has 1 aliphatic rings. The number of carbonyl (C=O) groups is 1. The molecule has 1 aliphatic heterocycles. The molecule has 0 unspecified atom stereocenters. The average molecular weight is 386 g/mol. The quantitative estimate of drug-likeness (QED) is 0.840. The van der Waals surface area contributed by atoms with Crippen molar-refractivity contribution < 1.29 is 19.0 Å². The van der Waals surface area contributed by atoms with Crippen LogP contribution in [-0.2, 0) is 17.9 Å². The van der Waals surface area contributed by atoms with Crippen molar-refractivity contribution in [3.8, 4) is 0 Å². The minimum atomic E-state index is -1.30. The Hall–Kier alpha value is -2.09. The number of nitrogens with one attached hydrogen (secondary N) is 1. The Morgan fingerprint density at radius 2 is 2.20 bits per heavy atom. The first-order valence-electron chi connectivity index (χ1n) is 7.36. The van der Waals surface area contributed by atoms with E-state index in [1.165, 1.54) is 0 Å². The molecule has 1 aromatic carbocycles. The van der Waals surface area contributed by atoms with Gasteiger partial charge in [0.25, 0.3) is 0 Å². The minimum Gasteiger partial charge on any atom is -0.465 e. The van der Waals surface area contributed by atoms with Gasteiger partial charge in [-0.2, -0.15) is 5.10 Å². The predicted octanol–water partition coefficient (Wildman–Crippen LogP) is 3.72. The smallest absolute Gasteiger partial charge is 0.405 e. The standard InChI is InChI=1S/C16H14Cl2FN3O3/c17-11-2-1-9(13(18)3-11)6-22-15-10(4-21-22)7-25-8-12(15)14(19)5-20-16(23)24/h1-4,20H,5-8H2,(H,23,24). The fourth-order valence-electron chi connectivity index (χ4n) is 2.61. The maximum atomic E-state index is 14.4. The Bertz CT molecular complexity index is 851. The lowest BCUT2D eigenvalue weighted by Crippen LogP contribution is -2.24. The van der Waals surface area contributed by atoms with Crippen LogP contribution in [-0.4, -0.2) is 34.1 Å². The molecular weight excluding hydrogens is 372 g/mol. The summed E-state index contributed by atoms with van der Waals surface area (Å²) >= 11 is 12.1. The molecule has 0 saturated heterocycles. The van der Waals surface area contributed by atoms with E-state index in [0.717, 1.165) is 11.1 Å². The van der Waals surface area contributed by atoms with Gasteiger partial charge in [0.15, 0.2) is 0 Å². The Morgan fingerprint density at radius 1 is 1.40 bits per heavy atom. The maximum absolute atomic E-state index is 14.4. The molecule has 3 rings (SSSR count). The van der Waals surface area contributed by atoms with E-state index in [1.807, 2.05) is 5.32 Å². The summed E-state index contributed by atoms with van der Waals surface area (Å²) in [4.78, 5) is 10.6. The number of hydrogen-bond donors (Lipinski definition) is 2. The zero-order valence-electron chi connectivity index (χ0n) is 12.9. The molecule has 2 aromatic rings. The highest BCUT2D eigenvalue weighted by molar-refractivity contribution is 6.35. The lowest BCUT2D eigenvalue weighted by Gasteiger charge is -2.19. The number of halogens is 3. The summed E-state index contributed by atoms with van der Waals surface area (Å²) in [5.74, 6) is -0.604. The summed E-state index contributed by atoms with van der Waals surface area (Å²) < 4.78 is 21.4. The summed E-state index contributed by atoms with van der Waals surface area (Å²) in [6.45, 7) is 0.252. The van der Waals surface area contributed by atoms with Gasteiger partial charge in [0, 0.05) is 21.2 Å². The van der Waals surface area contributed by atoms with Crippen molar-refractivity contribution >= 4 is 34.9 Å². The third-order valence-electron chi connectivity index (χ3n) is 3.76. The molecule has 0 atom stereocenters. The molecule has 9 heteroatoms. The summed E-state index contributed by atoms with van der Waals surface area (Å²) in [6.07, 6.45) is 0.310. The molecule has 0 spiro atoms. The first-order valence-corrected chi connectivity index (χ1v) is 8.12. The molecule has 1 aromatic heterocycles. The molecule has 6 nitrogen and oxygen atoms in total. The van der Waals surface area contributed by atoms with Gasteiger partial charge in [-0.05, 0) is 17.7 Å². The van der Waals surface area contributed by atoms with Gasteiger partial charge >= 0.3 is 6.09 Å². The Kier molecular flexibility index (Phi) is 5.27. The number of ether oxygens (including phenoxy) is 1. The van der Waals surface area contributed by atoms with Crippen LogP contribution in [0.5, 0.6) is 0 Å². The van der Waals surface area contributed by atoms with Crippen LogP contribution in [0.3, 0.4) is 0 Å². The normalized spacial score (nSPS) is 15.6. The number of hydrogen-bond acceptors (Lipinski definition) is 3. The van der Waals surface area contributed by atoms with Gasteiger partial charge in [0.2, 0.25) is 0 Å². The van der Waals surface area contributed by atoms with Crippen LogP contribution in [0.25, 0.3) is 5.57 Å². The summed E-state index contributed by atoms with van der Waals surface area (Å²) in [6, 6.07) is 5.13. The van der Waals surface area contributed by atoms with Gasteiger partial charge in [-0.3, -0.25) is 4.68 Å². The SMILES string of the molecule is O=C(O)NCC(F)=C1COCc2cnn(Cc3ccc(Cl)cc3Cl)c21. The van der Waals surface area contributed by atoms with Crippen molar-refractivity contribution in [2.45, 2.75) is 13.2 Å². The van der Waals surface area contributed by atoms with Gasteiger partial charge in [-0.1, -0.05) is 29.3 Å². The van der Waals surface area contributed by atoms with Crippen molar-refractivity contribution in [2.75, 3.05) is 13.2 Å². The topological polar surface area (TPSA) is 76.4 Å². The van der Waals surface area contributed by atoms with Crippen LogP contribution in [0, 0.1) is 0 Å². The highest BCUT2D eigenvalue weighted by atomic mass is 35.5. The molecule has 2 heterocycles. The van der Waals surface area contributed by atoms with E-state index in [-0.39, 0.29) is 12.2 Å². The molecule has 1 amide bonds. The van der Waals surface area contributed by atoms with E-state index in [4.69, 9.17) is 33.0 Å². The summed E-state index contributed by atoms with van der Waals surface area (Å²) in [5, 5.41) is 16.0. The second kappa shape index (κ2) is 7.43. The lowest BCUT2D eigenvalue weighted by molar-refractivity contribution is 0.144. The first kappa shape index (κ1) is 17.7. The zero-order valence-corrected chi connectivity index (χ0v) is 14.4. The second-order valence-electron chi connectivity index (χ2n) is 5.45. The maximum Gasteiger partial charge on any atom is 0.405 e. The number of aromatic nitrogens is 2. The fourth-order valence-corrected chi connectivity index (χ4v) is 3.08. The average Bonchev–Trinajstić information content (AvgIpc) is 2.98. The minimum absolute atomic E-state index is 0.0418. The molecule has 0 aliphatic carbocycles. The Balaban J connectivity index is 1.95. The Morgan fingerprint density at radius 3 is 2.92 bits per heavy atom. The number of amides is 1. The number of nitrogens with zero attached hydrogens (tertiary/aromatic N) is 2. The zero-order chi connectivity index (χ0) is 18.0. The van der Waals surface area contributed by atoms with Gasteiger partial charge in [0.1, 0.15) is 5.83 Å². The summed E-state index contributed by atoms with van der Waals surface area (Å²) in [5.41, 5.74) is 2.38. The fraction of sp³-hybridized carbons (Fsp3) is 0.250. The van der Waals surface area contributed by atoms with Crippen molar-refractivity contribution in [1.82, 2.24) is 15.1 Å². The van der Waals surface area contributed by atoms with Gasteiger partial charge < -0.3 is 15.2 Å². The van der Waals surface area contributed by atoms with Crippen LogP contribution < -0.4 is 5.32 Å². The van der Waals surface area contributed by atoms with Crippen LogP contribution in [0.1, 0.15) is 16.8 Å². The molecule has 25 heavy (non-hydrogen) atoms. The van der Waals surface area contributed by atoms with Crippen molar-refractivity contribution in [3.05, 3.63) is 57.1 Å². The molecule has 0 radical (unpaired) electrons.